The summed E-state index contributed by atoms with van der Waals surface area (Å²) in [4.78, 5) is 10.7. The molecule has 0 spiro atoms. The molecule has 1 saturated heterocycles. The van der Waals surface area contributed by atoms with Crippen LogP contribution < -0.4 is 5.32 Å². The summed E-state index contributed by atoms with van der Waals surface area (Å²) in [6, 6.07) is 0. The molecule has 1 fully saturated rings. The van der Waals surface area contributed by atoms with Gasteiger partial charge in [0.15, 0.2) is 0 Å². The summed E-state index contributed by atoms with van der Waals surface area (Å²) in [6.07, 6.45) is 2.21. The second-order valence-corrected chi connectivity index (χ2v) is 2.33. The zero-order valence-corrected chi connectivity index (χ0v) is 9.11. The minimum Gasteiger partial charge on any atom is -0.356 e. The Labute approximate surface area is 76.7 Å². The molecule has 0 aromatic rings. The first-order valence-corrected chi connectivity index (χ1v) is 5.08. The van der Waals surface area contributed by atoms with E-state index in [9.17, 15) is 4.79 Å². The van der Waals surface area contributed by atoms with Crippen molar-refractivity contribution in [2.75, 3.05) is 6.54 Å². The molecule has 1 amide bonds. The molecule has 0 aliphatic carbocycles. The van der Waals surface area contributed by atoms with Crippen molar-refractivity contribution in [1.82, 2.24) is 5.32 Å². The van der Waals surface area contributed by atoms with Gasteiger partial charge in [-0.25, -0.2) is 0 Å². The summed E-state index contributed by atoms with van der Waals surface area (Å²) < 4.78 is 0. The average Bonchev–Trinajstić information content (AvgIpc) is 2.17. The van der Waals surface area contributed by atoms with E-state index in [0.29, 0.717) is 0 Å². The van der Waals surface area contributed by atoms with Crippen molar-refractivity contribution >= 4 is 5.91 Å². The van der Waals surface area contributed by atoms with Crippen molar-refractivity contribution in [3.8, 4) is 0 Å². The van der Waals surface area contributed by atoms with Crippen LogP contribution in [-0.4, -0.2) is 12.5 Å². The van der Waals surface area contributed by atoms with Gasteiger partial charge in [0.2, 0.25) is 5.91 Å². The molecule has 1 aliphatic rings. The molecule has 1 rings (SSSR count). The summed E-state index contributed by atoms with van der Waals surface area (Å²) in [5.41, 5.74) is 0. The molecule has 1 aliphatic heterocycles. The number of carbonyl (C=O) groups is 1. The molecule has 1 N–H and O–H groups in total. The Morgan fingerprint density at radius 3 is 2.00 bits per heavy atom. The van der Waals surface area contributed by atoms with Crippen LogP contribution in [0, 0.1) is 5.92 Å². The molecule has 0 aromatic carbocycles. The van der Waals surface area contributed by atoms with E-state index in [4.69, 9.17) is 0 Å². The summed E-state index contributed by atoms with van der Waals surface area (Å²) in [5.74, 6) is 0.472. The Hall–Kier alpha value is -0.530. The molecule has 2 nitrogen and oxygen atoms in total. The molecule has 0 radical (unpaired) electrons. The molecule has 74 valence electrons. The fourth-order valence-corrected chi connectivity index (χ4v) is 0.925. The van der Waals surface area contributed by atoms with Crippen molar-refractivity contribution < 1.29 is 4.79 Å². The van der Waals surface area contributed by atoms with Gasteiger partial charge in [0, 0.05) is 12.5 Å². The molecular weight excluding hydrogens is 150 g/mol. The monoisotopic (exact) mass is 173 g/mol. The first-order valence-electron chi connectivity index (χ1n) is 5.08. The van der Waals surface area contributed by atoms with Crippen molar-refractivity contribution in [3.63, 3.8) is 0 Å². The first-order chi connectivity index (χ1) is 5.80. The number of hydrogen-bond donors (Lipinski definition) is 1. The molecule has 1 atom stereocenters. The second-order valence-electron chi connectivity index (χ2n) is 2.33. The minimum atomic E-state index is 0.219. The molecule has 0 aromatic heterocycles. The van der Waals surface area contributed by atoms with E-state index < -0.39 is 0 Å². The van der Waals surface area contributed by atoms with Crippen LogP contribution in [0.15, 0.2) is 0 Å². The topological polar surface area (TPSA) is 29.1 Å². The largest absolute Gasteiger partial charge is 0.356 e. The maximum atomic E-state index is 10.7. The normalized spacial score (nSPS) is 20.8. The Morgan fingerprint density at radius 1 is 1.25 bits per heavy atom. The van der Waals surface area contributed by atoms with Gasteiger partial charge in [0.1, 0.15) is 0 Å². The van der Waals surface area contributed by atoms with Crippen LogP contribution in [-0.2, 0) is 4.79 Å². The molecule has 1 unspecified atom stereocenters. The fourth-order valence-electron chi connectivity index (χ4n) is 0.925. The standard InChI is InChI=1S/C6H11NO.2C2H6/c1-5-3-2-4-7-6(5)8;2*1-2/h5H,2-4H2,1H3,(H,7,8);2*1-2H3. The third kappa shape index (κ3) is 6.20. The van der Waals surface area contributed by atoms with Gasteiger partial charge in [-0.3, -0.25) is 4.79 Å². The van der Waals surface area contributed by atoms with Crippen LogP contribution in [0.1, 0.15) is 47.5 Å². The number of nitrogens with one attached hydrogen (secondary N) is 1. The molecule has 0 bridgehead atoms. The van der Waals surface area contributed by atoms with E-state index >= 15 is 0 Å². The second kappa shape index (κ2) is 10.5. The minimum absolute atomic E-state index is 0.219. The Balaban J connectivity index is 0. The fraction of sp³-hybridized carbons (Fsp3) is 0.900. The summed E-state index contributed by atoms with van der Waals surface area (Å²) in [7, 11) is 0. The van der Waals surface area contributed by atoms with Gasteiger partial charge < -0.3 is 5.32 Å². The lowest BCUT2D eigenvalue weighted by Crippen LogP contribution is -2.34. The van der Waals surface area contributed by atoms with Gasteiger partial charge in [-0.2, -0.15) is 0 Å². The molecule has 12 heavy (non-hydrogen) atoms. The van der Waals surface area contributed by atoms with E-state index in [0.717, 1.165) is 19.4 Å². The maximum absolute atomic E-state index is 10.7. The average molecular weight is 173 g/mol. The zero-order chi connectivity index (χ0) is 9.98. The predicted octanol–water partition coefficient (Wildman–Crippen LogP) is 2.58. The Kier molecular flexibility index (Phi) is 12.2. The lowest BCUT2D eigenvalue weighted by Gasteiger charge is -2.16. The number of hydrogen-bond acceptors (Lipinski definition) is 1. The first kappa shape index (κ1) is 14.0. The lowest BCUT2D eigenvalue weighted by atomic mass is 10.0. The summed E-state index contributed by atoms with van der Waals surface area (Å²) >= 11 is 0. The van der Waals surface area contributed by atoms with Crippen LogP contribution in [0.2, 0.25) is 0 Å². The Morgan fingerprint density at radius 2 is 1.75 bits per heavy atom. The predicted molar refractivity (Wildman–Crippen MR) is 54.1 cm³/mol. The number of carbonyl (C=O) groups excluding carboxylic acids is 1. The highest BCUT2D eigenvalue weighted by atomic mass is 16.1. The zero-order valence-electron chi connectivity index (χ0n) is 9.11. The molecular formula is C10H23NO. The summed E-state index contributed by atoms with van der Waals surface area (Å²) in [6.45, 7) is 10.8. The summed E-state index contributed by atoms with van der Waals surface area (Å²) in [5, 5.41) is 2.79. The quantitative estimate of drug-likeness (QED) is 0.599. The van der Waals surface area contributed by atoms with Gasteiger partial charge in [-0.1, -0.05) is 34.6 Å². The van der Waals surface area contributed by atoms with Gasteiger partial charge in [0.05, 0.1) is 0 Å². The van der Waals surface area contributed by atoms with Crippen molar-refractivity contribution in [3.05, 3.63) is 0 Å². The van der Waals surface area contributed by atoms with Crippen LogP contribution in [0.3, 0.4) is 0 Å². The van der Waals surface area contributed by atoms with Crippen LogP contribution in [0.25, 0.3) is 0 Å². The lowest BCUT2D eigenvalue weighted by molar-refractivity contribution is -0.125. The molecule has 2 heteroatoms. The van der Waals surface area contributed by atoms with Gasteiger partial charge in [-0.15, -0.1) is 0 Å². The van der Waals surface area contributed by atoms with Crippen molar-refractivity contribution in [2.24, 2.45) is 5.92 Å². The third-order valence-electron chi connectivity index (χ3n) is 1.56. The smallest absolute Gasteiger partial charge is 0.222 e. The number of piperidine rings is 1. The molecule has 0 saturated carbocycles. The van der Waals surface area contributed by atoms with E-state index in [1.807, 2.05) is 34.6 Å². The highest BCUT2D eigenvalue weighted by Gasteiger charge is 2.15. The van der Waals surface area contributed by atoms with Gasteiger partial charge in [-0.05, 0) is 12.8 Å². The highest BCUT2D eigenvalue weighted by molar-refractivity contribution is 5.78. The van der Waals surface area contributed by atoms with E-state index in [-0.39, 0.29) is 11.8 Å². The van der Waals surface area contributed by atoms with Crippen molar-refractivity contribution in [1.29, 1.82) is 0 Å². The Bertz CT molecular complexity index is 102. The van der Waals surface area contributed by atoms with Crippen LogP contribution in [0.5, 0.6) is 0 Å². The molecule has 1 heterocycles. The van der Waals surface area contributed by atoms with E-state index in [1.165, 1.54) is 0 Å². The third-order valence-corrected chi connectivity index (χ3v) is 1.56. The number of amides is 1. The van der Waals surface area contributed by atoms with Crippen LogP contribution >= 0.6 is 0 Å². The highest BCUT2D eigenvalue weighted by Crippen LogP contribution is 2.08. The SMILES string of the molecule is CC.CC.CC1CCCNC1=O. The number of rotatable bonds is 0. The van der Waals surface area contributed by atoms with Crippen molar-refractivity contribution in [2.45, 2.75) is 47.5 Å². The van der Waals surface area contributed by atoms with Gasteiger partial charge >= 0.3 is 0 Å². The van der Waals surface area contributed by atoms with E-state index in [1.54, 1.807) is 0 Å². The maximum Gasteiger partial charge on any atom is 0.222 e. The van der Waals surface area contributed by atoms with Crippen LogP contribution in [0.4, 0.5) is 0 Å². The van der Waals surface area contributed by atoms with Gasteiger partial charge in [0.25, 0.3) is 0 Å². The van der Waals surface area contributed by atoms with E-state index in [2.05, 4.69) is 5.32 Å².